The van der Waals surface area contributed by atoms with Crippen LogP contribution in [-0.4, -0.2) is 10.2 Å². The van der Waals surface area contributed by atoms with Crippen LogP contribution in [0.15, 0.2) is 30.5 Å². The summed E-state index contributed by atoms with van der Waals surface area (Å²) in [5, 5.41) is 19.9. The summed E-state index contributed by atoms with van der Waals surface area (Å²) in [6.07, 6.45) is 8.09. The van der Waals surface area contributed by atoms with E-state index < -0.39 is 0 Å². The second-order valence-corrected chi connectivity index (χ2v) is 7.33. The molecule has 0 aromatic heterocycles. The van der Waals surface area contributed by atoms with Crippen molar-refractivity contribution in [1.82, 2.24) is 0 Å². The number of benzene rings is 1. The monoisotopic (exact) mass is 284 g/mol. The highest BCUT2D eigenvalue weighted by molar-refractivity contribution is 5.40. The summed E-state index contributed by atoms with van der Waals surface area (Å²) in [4.78, 5) is 0. The minimum Gasteiger partial charge on any atom is -0.512 e. The van der Waals surface area contributed by atoms with Gasteiger partial charge in [-0.3, -0.25) is 0 Å². The molecule has 0 unspecified atom stereocenters. The van der Waals surface area contributed by atoms with Gasteiger partial charge in [0.25, 0.3) is 0 Å². The number of aliphatic hydroxyl groups is 1. The number of hydrogen-bond acceptors (Lipinski definition) is 2. The first kappa shape index (κ1) is 13.2. The van der Waals surface area contributed by atoms with Gasteiger partial charge in [0.2, 0.25) is 0 Å². The van der Waals surface area contributed by atoms with Gasteiger partial charge >= 0.3 is 0 Å². The molecule has 0 radical (unpaired) electrons. The summed E-state index contributed by atoms with van der Waals surface area (Å²) in [7, 11) is 0. The van der Waals surface area contributed by atoms with Crippen molar-refractivity contribution < 1.29 is 10.2 Å². The number of fused-ring (bicyclic) bond motifs is 5. The van der Waals surface area contributed by atoms with Crippen molar-refractivity contribution in [3.63, 3.8) is 0 Å². The van der Waals surface area contributed by atoms with E-state index in [1.807, 2.05) is 12.1 Å². The molecule has 0 aliphatic heterocycles. The van der Waals surface area contributed by atoms with Crippen LogP contribution in [0.3, 0.4) is 0 Å². The van der Waals surface area contributed by atoms with Gasteiger partial charge in [-0.1, -0.05) is 19.1 Å². The molecule has 21 heavy (non-hydrogen) atoms. The lowest BCUT2D eigenvalue weighted by atomic mass is 9.55. The molecule has 2 heteroatoms. The maximum Gasteiger partial charge on any atom is 0.115 e. The Morgan fingerprint density at radius 2 is 2.05 bits per heavy atom. The van der Waals surface area contributed by atoms with Gasteiger partial charge in [-0.15, -0.1) is 0 Å². The zero-order chi connectivity index (χ0) is 14.6. The fourth-order valence-electron chi connectivity index (χ4n) is 5.72. The van der Waals surface area contributed by atoms with Gasteiger partial charge in [0.05, 0.1) is 5.76 Å². The van der Waals surface area contributed by atoms with E-state index in [0.29, 0.717) is 29.3 Å². The molecule has 2 saturated carbocycles. The predicted molar refractivity (Wildman–Crippen MR) is 83.4 cm³/mol. The SMILES string of the molecule is C=C(O)[C@@]12CCC[C@H]1[C@@H]1CCc3cc(O)ccc3[C@H]1CC2. The van der Waals surface area contributed by atoms with Gasteiger partial charge in [-0.25, -0.2) is 0 Å². The van der Waals surface area contributed by atoms with Crippen LogP contribution in [0.2, 0.25) is 0 Å². The van der Waals surface area contributed by atoms with Crippen LogP contribution < -0.4 is 0 Å². The van der Waals surface area contributed by atoms with Crippen molar-refractivity contribution in [3.8, 4) is 5.75 Å². The summed E-state index contributed by atoms with van der Waals surface area (Å²) < 4.78 is 0. The van der Waals surface area contributed by atoms with Crippen LogP contribution in [0, 0.1) is 17.3 Å². The Morgan fingerprint density at radius 3 is 2.86 bits per heavy atom. The van der Waals surface area contributed by atoms with Crippen molar-refractivity contribution in [2.75, 3.05) is 0 Å². The predicted octanol–water partition coefficient (Wildman–Crippen LogP) is 4.69. The second-order valence-electron chi connectivity index (χ2n) is 7.33. The molecule has 0 bridgehead atoms. The summed E-state index contributed by atoms with van der Waals surface area (Å²) in [6, 6.07) is 5.92. The summed E-state index contributed by atoms with van der Waals surface area (Å²) >= 11 is 0. The van der Waals surface area contributed by atoms with E-state index >= 15 is 0 Å². The molecule has 4 atom stereocenters. The fourth-order valence-corrected chi connectivity index (χ4v) is 5.72. The van der Waals surface area contributed by atoms with Crippen molar-refractivity contribution in [3.05, 3.63) is 41.7 Å². The van der Waals surface area contributed by atoms with Gasteiger partial charge in [0.15, 0.2) is 0 Å². The van der Waals surface area contributed by atoms with Crippen LogP contribution in [0.25, 0.3) is 0 Å². The number of allylic oxidation sites excluding steroid dienone is 1. The molecule has 2 N–H and O–H groups in total. The Bertz CT molecular complexity index is 591. The normalized spacial score (nSPS) is 37.4. The number of hydrogen-bond donors (Lipinski definition) is 2. The Kier molecular flexibility index (Phi) is 2.85. The quantitative estimate of drug-likeness (QED) is 0.734. The van der Waals surface area contributed by atoms with Gasteiger partial charge in [-0.05, 0) is 79.5 Å². The second kappa shape index (κ2) is 4.53. The third kappa shape index (κ3) is 1.77. The number of phenols is 1. The number of aliphatic hydroxyl groups excluding tert-OH is 1. The molecule has 0 spiro atoms. The molecule has 0 saturated heterocycles. The van der Waals surface area contributed by atoms with Gasteiger partial charge in [-0.2, -0.15) is 0 Å². The molecule has 4 rings (SSSR count). The zero-order valence-electron chi connectivity index (χ0n) is 12.5. The minimum atomic E-state index is 0.00951. The Morgan fingerprint density at radius 1 is 1.19 bits per heavy atom. The number of rotatable bonds is 1. The van der Waals surface area contributed by atoms with Crippen LogP contribution in [0.4, 0.5) is 0 Å². The van der Waals surface area contributed by atoms with Gasteiger partial charge in [0, 0.05) is 5.41 Å². The average molecular weight is 284 g/mol. The molecule has 1 aromatic rings. The Balaban J connectivity index is 1.72. The first-order valence-electron chi connectivity index (χ1n) is 8.32. The van der Waals surface area contributed by atoms with Gasteiger partial charge in [0.1, 0.15) is 5.75 Å². The number of aromatic hydroxyl groups is 1. The highest BCUT2D eigenvalue weighted by Gasteiger charge is 2.54. The molecule has 3 aliphatic carbocycles. The van der Waals surface area contributed by atoms with Crippen LogP contribution in [0.1, 0.15) is 55.6 Å². The van der Waals surface area contributed by atoms with E-state index in [2.05, 4.69) is 12.6 Å². The van der Waals surface area contributed by atoms with Crippen LogP contribution in [-0.2, 0) is 6.42 Å². The van der Waals surface area contributed by atoms with E-state index in [4.69, 9.17) is 0 Å². The molecular weight excluding hydrogens is 260 g/mol. The summed E-state index contributed by atoms with van der Waals surface area (Å²) in [5.74, 6) is 2.74. The highest BCUT2D eigenvalue weighted by atomic mass is 16.3. The maximum atomic E-state index is 10.2. The molecular formula is C19H24O2. The molecule has 3 aliphatic rings. The lowest BCUT2D eigenvalue weighted by Gasteiger charge is -2.50. The Labute approximate surface area is 126 Å². The Hall–Kier alpha value is -1.44. The first-order chi connectivity index (χ1) is 10.1. The van der Waals surface area contributed by atoms with E-state index in [0.717, 1.165) is 25.7 Å². The first-order valence-corrected chi connectivity index (χ1v) is 8.32. The third-order valence-electron chi connectivity index (χ3n) is 6.63. The largest absolute Gasteiger partial charge is 0.512 e. The van der Waals surface area contributed by atoms with E-state index in [1.54, 1.807) is 0 Å². The molecule has 112 valence electrons. The van der Waals surface area contributed by atoms with Gasteiger partial charge < -0.3 is 10.2 Å². The fraction of sp³-hybridized carbons (Fsp3) is 0.579. The third-order valence-corrected chi connectivity index (χ3v) is 6.63. The average Bonchev–Trinajstić information content (AvgIpc) is 2.92. The van der Waals surface area contributed by atoms with E-state index in [9.17, 15) is 10.2 Å². The highest BCUT2D eigenvalue weighted by Crippen LogP contribution is 2.63. The molecule has 2 fully saturated rings. The maximum absolute atomic E-state index is 10.2. The molecule has 0 amide bonds. The lowest BCUT2D eigenvalue weighted by molar-refractivity contribution is 0.0406. The summed E-state index contributed by atoms with van der Waals surface area (Å²) in [6.45, 7) is 3.93. The number of aryl methyl sites for hydroxylation is 1. The van der Waals surface area contributed by atoms with Crippen molar-refractivity contribution >= 4 is 0 Å². The standard InChI is InChI=1S/C19H24O2/c1-12(20)19-9-2-3-18(19)17-6-4-13-11-14(21)5-7-15(13)16(17)8-10-19/h5,7,11,16-18,20-21H,1-4,6,8-10H2/t16-,17-,18+,19+/m1/s1. The topological polar surface area (TPSA) is 40.5 Å². The minimum absolute atomic E-state index is 0.00951. The molecule has 2 nitrogen and oxygen atoms in total. The molecule has 1 aromatic carbocycles. The van der Waals surface area contributed by atoms with Crippen LogP contribution >= 0.6 is 0 Å². The smallest absolute Gasteiger partial charge is 0.115 e. The zero-order valence-corrected chi connectivity index (χ0v) is 12.5. The summed E-state index contributed by atoms with van der Waals surface area (Å²) in [5.41, 5.74) is 2.80. The van der Waals surface area contributed by atoms with E-state index in [-0.39, 0.29) is 5.41 Å². The van der Waals surface area contributed by atoms with Crippen LogP contribution in [0.5, 0.6) is 5.75 Å². The lowest BCUT2D eigenvalue weighted by Crippen LogP contribution is -2.42. The van der Waals surface area contributed by atoms with Crippen molar-refractivity contribution in [2.45, 2.75) is 50.9 Å². The van der Waals surface area contributed by atoms with E-state index in [1.165, 1.54) is 30.4 Å². The number of phenolic OH excluding ortho intramolecular Hbond substituents is 1. The van der Waals surface area contributed by atoms with Crippen molar-refractivity contribution in [1.29, 1.82) is 0 Å². The molecule has 0 heterocycles. The van der Waals surface area contributed by atoms with Crippen molar-refractivity contribution in [2.24, 2.45) is 17.3 Å².